The zero-order chi connectivity index (χ0) is 24.1. The lowest BCUT2D eigenvalue weighted by Gasteiger charge is -2.64. The van der Waals surface area contributed by atoms with Crippen molar-refractivity contribution in [3.63, 3.8) is 0 Å². The van der Waals surface area contributed by atoms with Gasteiger partial charge in [0.05, 0.1) is 12.1 Å². The SMILES string of the molecule is Cc1nc(N2CC([C@H]3CC4CN(CCC(=O)O)C43)C2)nc(O[C@H](C)c2ccc(Cl)cc2Cl)c1Cl. The molecule has 1 aliphatic carbocycles. The number of rotatable bonds is 8. The Kier molecular flexibility index (Phi) is 6.57. The first-order valence-corrected chi connectivity index (χ1v) is 12.7. The summed E-state index contributed by atoms with van der Waals surface area (Å²) in [6.45, 7) is 7.21. The van der Waals surface area contributed by atoms with Gasteiger partial charge in [0, 0.05) is 47.8 Å². The number of ether oxygens (including phenoxy) is 1. The molecule has 3 fully saturated rings. The standard InChI is InChI=1S/C24H27Cl3N4O3/c1-12-21(27)23(34-13(2)17-4-3-16(25)8-19(17)26)29-24(28-12)31-10-15(11-31)18-7-14-9-30(22(14)18)6-5-20(32)33/h3-4,8,13-15,18,22H,5-7,9-11H2,1-2H3,(H,32,33)/t13-,14?,18-,22?/m1/s1. The number of halogens is 3. The highest BCUT2D eigenvalue weighted by Gasteiger charge is 2.56. The Labute approximate surface area is 214 Å². The van der Waals surface area contributed by atoms with Crippen LogP contribution in [0.3, 0.4) is 0 Å². The second-order valence-corrected chi connectivity index (χ2v) is 10.8. The fraction of sp³-hybridized carbons (Fsp3) is 0.542. The Hall–Kier alpha value is -1.80. The van der Waals surface area contributed by atoms with E-state index in [2.05, 4.69) is 19.8 Å². The molecule has 1 N–H and O–H groups in total. The van der Waals surface area contributed by atoms with E-state index in [-0.39, 0.29) is 12.5 Å². The van der Waals surface area contributed by atoms with Gasteiger partial charge in [-0.3, -0.25) is 9.69 Å². The van der Waals surface area contributed by atoms with Gasteiger partial charge in [-0.25, -0.2) is 4.98 Å². The van der Waals surface area contributed by atoms with Crippen LogP contribution in [-0.4, -0.2) is 58.2 Å². The van der Waals surface area contributed by atoms with E-state index in [9.17, 15) is 4.79 Å². The van der Waals surface area contributed by atoms with Crippen LogP contribution in [0.4, 0.5) is 5.95 Å². The second-order valence-electron chi connectivity index (χ2n) is 9.61. The van der Waals surface area contributed by atoms with Gasteiger partial charge in [0.25, 0.3) is 0 Å². The third-order valence-corrected chi connectivity index (χ3v) is 8.46. The third-order valence-electron chi connectivity index (χ3n) is 7.46. The van der Waals surface area contributed by atoms with Crippen LogP contribution in [0.1, 0.15) is 37.1 Å². The molecule has 7 nitrogen and oxygen atoms in total. The Morgan fingerprint density at radius 2 is 1.97 bits per heavy atom. The number of carbonyl (C=O) groups is 1. The third kappa shape index (κ3) is 4.43. The number of carboxylic acids is 1. The number of aromatic nitrogens is 2. The molecule has 1 saturated carbocycles. The Bertz CT molecular complexity index is 1110. The van der Waals surface area contributed by atoms with Gasteiger partial charge in [0.2, 0.25) is 11.8 Å². The number of hydrogen-bond donors (Lipinski definition) is 1. The largest absolute Gasteiger partial charge is 0.481 e. The lowest BCUT2D eigenvalue weighted by Crippen LogP contribution is -2.71. The van der Waals surface area contributed by atoms with Crippen molar-refractivity contribution in [1.29, 1.82) is 0 Å². The molecule has 2 saturated heterocycles. The number of benzene rings is 1. The van der Waals surface area contributed by atoms with Crippen LogP contribution >= 0.6 is 34.8 Å². The van der Waals surface area contributed by atoms with Gasteiger partial charge in [0.1, 0.15) is 11.1 Å². The predicted molar refractivity (Wildman–Crippen MR) is 132 cm³/mol. The summed E-state index contributed by atoms with van der Waals surface area (Å²) in [5, 5.41) is 10.5. The number of hydrogen-bond acceptors (Lipinski definition) is 6. The number of aliphatic carboxylic acids is 1. The summed E-state index contributed by atoms with van der Waals surface area (Å²) >= 11 is 18.8. The Morgan fingerprint density at radius 3 is 2.65 bits per heavy atom. The first-order chi connectivity index (χ1) is 16.2. The fourth-order valence-corrected chi connectivity index (χ4v) is 6.21. The van der Waals surface area contributed by atoms with Crippen molar-refractivity contribution >= 4 is 46.7 Å². The summed E-state index contributed by atoms with van der Waals surface area (Å²) in [6.07, 6.45) is 1.09. The molecular weight excluding hydrogens is 499 g/mol. The average Bonchev–Trinajstić information content (AvgIpc) is 2.71. The van der Waals surface area contributed by atoms with Gasteiger partial charge in [-0.05, 0) is 50.2 Å². The van der Waals surface area contributed by atoms with Crippen molar-refractivity contribution in [2.75, 3.05) is 31.1 Å². The number of nitrogens with zero attached hydrogens (tertiary/aromatic N) is 4. The Morgan fingerprint density at radius 1 is 1.21 bits per heavy atom. The molecule has 1 aromatic heterocycles. The summed E-state index contributed by atoms with van der Waals surface area (Å²) in [5.74, 6) is 2.17. The maximum atomic E-state index is 10.9. The number of likely N-dealkylation sites (tertiary alicyclic amines) is 1. The van der Waals surface area contributed by atoms with Crippen molar-refractivity contribution in [3.8, 4) is 5.88 Å². The minimum atomic E-state index is -0.727. The smallest absolute Gasteiger partial charge is 0.304 e. The van der Waals surface area contributed by atoms with Crippen molar-refractivity contribution in [1.82, 2.24) is 14.9 Å². The molecule has 0 spiro atoms. The molecule has 3 aliphatic rings. The quantitative estimate of drug-likeness (QED) is 0.513. The van der Waals surface area contributed by atoms with Crippen LogP contribution < -0.4 is 9.64 Å². The Balaban J connectivity index is 1.22. The average molecular weight is 526 g/mol. The van der Waals surface area contributed by atoms with Gasteiger partial charge < -0.3 is 14.7 Å². The van der Waals surface area contributed by atoms with Crippen LogP contribution in [0.5, 0.6) is 5.88 Å². The zero-order valence-corrected chi connectivity index (χ0v) is 21.3. The van der Waals surface area contributed by atoms with Crippen LogP contribution in [-0.2, 0) is 4.79 Å². The summed E-state index contributed by atoms with van der Waals surface area (Å²) < 4.78 is 6.11. The highest BCUT2D eigenvalue weighted by atomic mass is 35.5. The molecule has 5 rings (SSSR count). The molecule has 1 aromatic carbocycles. The van der Waals surface area contributed by atoms with Crippen LogP contribution in [0.15, 0.2) is 18.2 Å². The van der Waals surface area contributed by atoms with Gasteiger partial charge in [0.15, 0.2) is 0 Å². The highest BCUT2D eigenvalue weighted by Crippen LogP contribution is 2.51. The predicted octanol–water partition coefficient (Wildman–Crippen LogP) is 5.12. The molecule has 2 unspecified atom stereocenters. The molecule has 10 heteroatoms. The molecule has 34 heavy (non-hydrogen) atoms. The molecule has 0 amide bonds. The van der Waals surface area contributed by atoms with Crippen LogP contribution in [0, 0.1) is 24.7 Å². The molecule has 3 heterocycles. The van der Waals surface area contributed by atoms with Crippen molar-refractivity contribution in [3.05, 3.63) is 44.5 Å². The minimum Gasteiger partial charge on any atom is -0.481 e. The molecule has 2 aromatic rings. The second kappa shape index (κ2) is 9.34. The lowest BCUT2D eigenvalue weighted by molar-refractivity contribution is -0.147. The van der Waals surface area contributed by atoms with Crippen LogP contribution in [0.25, 0.3) is 0 Å². The maximum Gasteiger partial charge on any atom is 0.304 e. The van der Waals surface area contributed by atoms with Crippen molar-refractivity contribution in [2.24, 2.45) is 17.8 Å². The fourth-order valence-electron chi connectivity index (χ4n) is 5.52. The van der Waals surface area contributed by atoms with Crippen molar-refractivity contribution in [2.45, 2.75) is 38.8 Å². The lowest BCUT2D eigenvalue weighted by atomic mass is 9.57. The molecular formula is C24H27Cl3N4O3. The van der Waals surface area contributed by atoms with E-state index in [0.29, 0.717) is 57.0 Å². The number of aryl methyl sites for hydroxylation is 1. The van der Waals surface area contributed by atoms with Crippen LogP contribution in [0.2, 0.25) is 15.1 Å². The van der Waals surface area contributed by atoms with Gasteiger partial charge in [-0.2, -0.15) is 4.98 Å². The summed E-state index contributed by atoms with van der Waals surface area (Å²) in [7, 11) is 0. The first kappa shape index (κ1) is 23.9. The minimum absolute atomic E-state index is 0.215. The summed E-state index contributed by atoms with van der Waals surface area (Å²) in [4.78, 5) is 24.6. The van der Waals surface area contributed by atoms with E-state index in [1.807, 2.05) is 19.9 Å². The normalized spacial score (nSPS) is 25.1. The highest BCUT2D eigenvalue weighted by molar-refractivity contribution is 6.35. The summed E-state index contributed by atoms with van der Waals surface area (Å²) in [5.41, 5.74) is 1.47. The van der Waals surface area contributed by atoms with Gasteiger partial charge in [-0.1, -0.05) is 40.9 Å². The van der Waals surface area contributed by atoms with E-state index in [0.717, 1.165) is 31.1 Å². The molecule has 4 atom stereocenters. The topological polar surface area (TPSA) is 78.8 Å². The number of carboxylic acid groups (broad SMARTS) is 1. The first-order valence-electron chi connectivity index (χ1n) is 11.6. The van der Waals surface area contributed by atoms with E-state index in [1.54, 1.807) is 12.1 Å². The zero-order valence-electron chi connectivity index (χ0n) is 19.0. The number of anilines is 1. The molecule has 0 bridgehead atoms. The van der Waals surface area contributed by atoms with E-state index in [1.165, 1.54) is 6.42 Å². The summed E-state index contributed by atoms with van der Waals surface area (Å²) in [6, 6.07) is 5.84. The monoisotopic (exact) mass is 524 g/mol. The van der Waals surface area contributed by atoms with E-state index in [4.69, 9.17) is 44.6 Å². The van der Waals surface area contributed by atoms with Gasteiger partial charge >= 0.3 is 5.97 Å². The van der Waals surface area contributed by atoms with Crippen molar-refractivity contribution < 1.29 is 14.6 Å². The number of piperidine rings is 1. The van der Waals surface area contributed by atoms with E-state index < -0.39 is 5.97 Å². The molecule has 2 aliphatic heterocycles. The molecule has 0 radical (unpaired) electrons. The van der Waals surface area contributed by atoms with Gasteiger partial charge in [-0.15, -0.1) is 0 Å². The molecule has 182 valence electrons. The maximum absolute atomic E-state index is 10.9. The number of fused-ring (bicyclic) bond motifs is 1. The van der Waals surface area contributed by atoms with E-state index >= 15 is 0 Å².